The third-order valence-corrected chi connectivity index (χ3v) is 3.47. The molecule has 1 aliphatic carbocycles. The summed E-state index contributed by atoms with van der Waals surface area (Å²) in [6, 6.07) is 0.319. The zero-order valence-corrected chi connectivity index (χ0v) is 11.1. The minimum atomic E-state index is 0.135. The summed E-state index contributed by atoms with van der Waals surface area (Å²) in [5.74, 6) is 0. The fraction of sp³-hybridized carbons (Fsp3) is 0.583. The van der Waals surface area contributed by atoms with E-state index in [4.69, 9.17) is 23.2 Å². The first-order valence-corrected chi connectivity index (χ1v) is 6.49. The number of alkyl halides is 1. The van der Waals surface area contributed by atoms with Gasteiger partial charge in [-0.3, -0.25) is 4.68 Å². The van der Waals surface area contributed by atoms with E-state index < -0.39 is 0 Å². The van der Waals surface area contributed by atoms with Crippen molar-refractivity contribution >= 4 is 28.8 Å². The summed E-state index contributed by atoms with van der Waals surface area (Å²) < 4.78 is 1.98. The van der Waals surface area contributed by atoms with Gasteiger partial charge in [0.1, 0.15) is 0 Å². The minimum absolute atomic E-state index is 0.135. The number of rotatable bonds is 2. The molecule has 0 fully saturated rings. The number of hydrogen-bond acceptors (Lipinski definition) is 1. The van der Waals surface area contributed by atoms with Crippen LogP contribution in [0, 0.1) is 0 Å². The summed E-state index contributed by atoms with van der Waals surface area (Å²) in [5, 5.41) is 5.18. The Morgan fingerprint density at radius 3 is 2.88 bits per heavy atom. The Kier molecular flexibility index (Phi) is 3.60. The molecule has 0 aromatic carbocycles. The smallest absolute Gasteiger partial charge is 0.0862 e. The van der Waals surface area contributed by atoms with Gasteiger partial charge in [0, 0.05) is 6.04 Å². The highest BCUT2D eigenvalue weighted by Gasteiger charge is 2.19. The second-order valence-corrected chi connectivity index (χ2v) is 5.45. The SMILES string of the molecule is CC(C)n1ncc(Cl)c1C1=CC(Cl)CCC1. The largest absolute Gasteiger partial charge is 0.261 e. The van der Waals surface area contributed by atoms with Crippen molar-refractivity contribution in [2.75, 3.05) is 0 Å². The van der Waals surface area contributed by atoms with Crippen LogP contribution in [0.2, 0.25) is 5.02 Å². The van der Waals surface area contributed by atoms with Crippen LogP contribution in [0.1, 0.15) is 44.8 Å². The van der Waals surface area contributed by atoms with Gasteiger partial charge in [0.2, 0.25) is 0 Å². The van der Waals surface area contributed by atoms with Crippen LogP contribution < -0.4 is 0 Å². The fourth-order valence-electron chi connectivity index (χ4n) is 2.10. The van der Waals surface area contributed by atoms with Gasteiger partial charge in [-0.05, 0) is 38.7 Å². The molecule has 0 aliphatic heterocycles. The standard InChI is InChI=1S/C12H16Cl2N2/c1-8(2)16-12(11(14)7-15-16)9-4-3-5-10(13)6-9/h6-8,10H,3-5H2,1-2H3. The van der Waals surface area contributed by atoms with Crippen LogP contribution in [-0.4, -0.2) is 15.2 Å². The molecule has 4 heteroatoms. The molecule has 1 heterocycles. The van der Waals surface area contributed by atoms with Crippen molar-refractivity contribution < 1.29 is 0 Å². The Morgan fingerprint density at radius 2 is 2.25 bits per heavy atom. The molecule has 0 bridgehead atoms. The Labute approximate surface area is 106 Å². The van der Waals surface area contributed by atoms with Crippen LogP contribution in [-0.2, 0) is 0 Å². The number of hydrogen-bond donors (Lipinski definition) is 0. The van der Waals surface area contributed by atoms with E-state index in [1.54, 1.807) is 6.20 Å². The van der Waals surface area contributed by atoms with Crippen molar-refractivity contribution in [3.63, 3.8) is 0 Å². The molecule has 16 heavy (non-hydrogen) atoms. The third kappa shape index (κ3) is 2.28. The molecule has 88 valence electrons. The van der Waals surface area contributed by atoms with E-state index in [2.05, 4.69) is 25.0 Å². The van der Waals surface area contributed by atoms with Crippen LogP contribution in [0.3, 0.4) is 0 Å². The van der Waals surface area contributed by atoms with Crippen molar-refractivity contribution in [2.24, 2.45) is 0 Å². The average Bonchev–Trinajstić information content (AvgIpc) is 2.60. The Bertz CT molecular complexity index is 407. The van der Waals surface area contributed by atoms with Crippen LogP contribution >= 0.6 is 23.2 Å². The Morgan fingerprint density at radius 1 is 1.50 bits per heavy atom. The third-order valence-electron chi connectivity index (χ3n) is 2.85. The zero-order valence-electron chi connectivity index (χ0n) is 9.58. The number of nitrogens with zero attached hydrogens (tertiary/aromatic N) is 2. The zero-order chi connectivity index (χ0) is 11.7. The van der Waals surface area contributed by atoms with Crippen molar-refractivity contribution in [3.05, 3.63) is 23.0 Å². The molecule has 0 saturated heterocycles. The van der Waals surface area contributed by atoms with Crippen molar-refractivity contribution in [1.29, 1.82) is 0 Å². The van der Waals surface area contributed by atoms with Gasteiger partial charge < -0.3 is 0 Å². The van der Waals surface area contributed by atoms with Crippen molar-refractivity contribution in [2.45, 2.75) is 44.5 Å². The summed E-state index contributed by atoms with van der Waals surface area (Å²) in [6.07, 6.45) is 7.06. The molecule has 1 atom stereocenters. The fourth-order valence-corrected chi connectivity index (χ4v) is 2.66. The van der Waals surface area contributed by atoms with Gasteiger partial charge in [-0.15, -0.1) is 11.6 Å². The molecule has 2 nitrogen and oxygen atoms in total. The molecule has 0 spiro atoms. The van der Waals surface area contributed by atoms with E-state index >= 15 is 0 Å². The Hall–Kier alpha value is -0.470. The van der Waals surface area contributed by atoms with E-state index in [0.29, 0.717) is 6.04 Å². The average molecular weight is 259 g/mol. The first-order chi connectivity index (χ1) is 7.59. The van der Waals surface area contributed by atoms with E-state index in [1.165, 1.54) is 5.57 Å². The molecule has 1 aromatic rings. The normalized spacial score (nSPS) is 21.3. The predicted molar refractivity (Wildman–Crippen MR) is 69.1 cm³/mol. The molecule has 0 amide bonds. The first kappa shape index (κ1) is 12.0. The molecule has 0 radical (unpaired) electrons. The maximum Gasteiger partial charge on any atom is 0.0862 e. The minimum Gasteiger partial charge on any atom is -0.261 e. The molecule has 1 aliphatic rings. The highest BCUT2D eigenvalue weighted by molar-refractivity contribution is 6.32. The topological polar surface area (TPSA) is 17.8 Å². The molecular weight excluding hydrogens is 243 g/mol. The summed E-state index contributed by atoms with van der Waals surface area (Å²) in [4.78, 5) is 0. The summed E-state index contributed by atoms with van der Waals surface area (Å²) in [6.45, 7) is 4.21. The molecule has 0 N–H and O–H groups in total. The predicted octanol–water partition coefficient (Wildman–Crippen LogP) is 4.29. The summed E-state index contributed by atoms with van der Waals surface area (Å²) >= 11 is 12.4. The summed E-state index contributed by atoms with van der Waals surface area (Å²) in [7, 11) is 0. The number of allylic oxidation sites excluding steroid dienone is 2. The highest BCUT2D eigenvalue weighted by atomic mass is 35.5. The lowest BCUT2D eigenvalue weighted by Gasteiger charge is -2.19. The first-order valence-electron chi connectivity index (χ1n) is 5.67. The van der Waals surface area contributed by atoms with Gasteiger partial charge in [0.25, 0.3) is 0 Å². The van der Waals surface area contributed by atoms with Crippen LogP contribution in [0.5, 0.6) is 0 Å². The molecule has 1 aromatic heterocycles. The quantitative estimate of drug-likeness (QED) is 0.724. The maximum atomic E-state index is 6.20. The monoisotopic (exact) mass is 258 g/mol. The lowest BCUT2D eigenvalue weighted by atomic mass is 9.96. The van der Waals surface area contributed by atoms with Gasteiger partial charge >= 0.3 is 0 Å². The van der Waals surface area contributed by atoms with Crippen LogP contribution in [0.25, 0.3) is 5.57 Å². The van der Waals surface area contributed by atoms with Crippen molar-refractivity contribution in [1.82, 2.24) is 9.78 Å². The maximum absolute atomic E-state index is 6.20. The van der Waals surface area contributed by atoms with Crippen LogP contribution in [0.15, 0.2) is 12.3 Å². The van der Waals surface area contributed by atoms with E-state index in [0.717, 1.165) is 30.0 Å². The van der Waals surface area contributed by atoms with E-state index in [9.17, 15) is 0 Å². The van der Waals surface area contributed by atoms with Gasteiger partial charge in [-0.2, -0.15) is 5.10 Å². The lowest BCUT2D eigenvalue weighted by molar-refractivity contribution is 0.524. The van der Waals surface area contributed by atoms with Crippen molar-refractivity contribution in [3.8, 4) is 0 Å². The number of aromatic nitrogens is 2. The molecule has 1 unspecified atom stereocenters. The molecule has 2 rings (SSSR count). The Balaban J connectivity index is 2.42. The number of halogens is 2. The highest BCUT2D eigenvalue weighted by Crippen LogP contribution is 2.34. The van der Waals surface area contributed by atoms with Gasteiger partial charge in [-0.1, -0.05) is 17.7 Å². The van der Waals surface area contributed by atoms with E-state index in [1.807, 2.05) is 4.68 Å². The van der Waals surface area contributed by atoms with Gasteiger partial charge in [-0.25, -0.2) is 0 Å². The second-order valence-electron chi connectivity index (χ2n) is 4.48. The summed E-state index contributed by atoms with van der Waals surface area (Å²) in [5.41, 5.74) is 2.28. The van der Waals surface area contributed by atoms with Gasteiger partial charge in [0.15, 0.2) is 0 Å². The van der Waals surface area contributed by atoms with E-state index in [-0.39, 0.29) is 5.38 Å². The molecular formula is C12H16Cl2N2. The lowest BCUT2D eigenvalue weighted by Crippen LogP contribution is -2.10. The second kappa shape index (κ2) is 4.80. The molecule has 0 saturated carbocycles. The van der Waals surface area contributed by atoms with Gasteiger partial charge in [0.05, 0.1) is 22.3 Å². The van der Waals surface area contributed by atoms with Crippen LogP contribution in [0.4, 0.5) is 0 Å².